The van der Waals surface area contributed by atoms with Crippen LogP contribution in [0.3, 0.4) is 0 Å². The number of hydrogen-bond donors (Lipinski definition) is 1. The minimum Gasteiger partial charge on any atom is -0.497 e. The van der Waals surface area contributed by atoms with E-state index in [0.717, 1.165) is 24.9 Å². The molecule has 3 atom stereocenters. The largest absolute Gasteiger partial charge is 0.497 e. The summed E-state index contributed by atoms with van der Waals surface area (Å²) in [4.78, 5) is 19.7. The Morgan fingerprint density at radius 2 is 2.04 bits per heavy atom. The third-order valence-electron chi connectivity index (χ3n) is 5.11. The number of hydrogen-bond acceptors (Lipinski definition) is 5. The van der Waals surface area contributed by atoms with Gasteiger partial charge in [-0.1, -0.05) is 0 Å². The Bertz CT molecular complexity index is 833. The second-order valence-electron chi connectivity index (χ2n) is 6.73. The molecule has 2 heterocycles. The van der Waals surface area contributed by atoms with E-state index < -0.39 is 6.10 Å². The Hall–Kier alpha value is -2.08. The summed E-state index contributed by atoms with van der Waals surface area (Å²) in [5, 5.41) is 10.6. The van der Waals surface area contributed by atoms with Gasteiger partial charge in [0.2, 0.25) is 5.95 Å². The number of ether oxygens (including phenoxy) is 1. The molecule has 1 saturated heterocycles. The average Bonchev–Trinajstić information content (AvgIpc) is 3.15. The summed E-state index contributed by atoms with van der Waals surface area (Å²) in [6.45, 7) is 3.62. The van der Waals surface area contributed by atoms with Crippen LogP contribution in [0.4, 0.5) is 5.95 Å². The lowest BCUT2D eigenvalue weighted by Gasteiger charge is -2.22. The molecule has 0 bridgehead atoms. The van der Waals surface area contributed by atoms with Crippen LogP contribution >= 0.6 is 0 Å². The fraction of sp³-hybridized carbons (Fsp3) is 0.529. The molecule has 122 valence electrons. The van der Waals surface area contributed by atoms with Gasteiger partial charge in [0.25, 0.3) is 5.56 Å². The van der Waals surface area contributed by atoms with Crippen molar-refractivity contribution in [3.63, 3.8) is 0 Å². The van der Waals surface area contributed by atoms with Crippen molar-refractivity contribution >= 4 is 16.9 Å². The van der Waals surface area contributed by atoms with E-state index in [4.69, 9.17) is 9.72 Å². The third-order valence-corrected chi connectivity index (χ3v) is 5.11. The van der Waals surface area contributed by atoms with E-state index in [1.807, 2.05) is 0 Å². The maximum Gasteiger partial charge on any atom is 0.262 e. The molecule has 1 N–H and O–H groups in total. The van der Waals surface area contributed by atoms with Crippen molar-refractivity contribution in [2.24, 2.45) is 18.9 Å². The average molecular weight is 315 g/mol. The predicted molar refractivity (Wildman–Crippen MR) is 88.0 cm³/mol. The molecule has 1 aromatic carbocycles. The second-order valence-corrected chi connectivity index (χ2v) is 6.73. The van der Waals surface area contributed by atoms with Crippen LogP contribution in [0.1, 0.15) is 25.0 Å². The van der Waals surface area contributed by atoms with Crippen molar-refractivity contribution in [2.45, 2.75) is 19.4 Å². The standard InChI is InChI=1S/C17H21N3O3/c1-9(21)13-5-12(23-3)6-14-15(13)18-17(19(2)16(14)22)20-7-10-4-11(10)8-20/h5-6,9-11,21H,4,7-8H2,1-3H3. The van der Waals surface area contributed by atoms with Gasteiger partial charge < -0.3 is 14.7 Å². The van der Waals surface area contributed by atoms with Gasteiger partial charge in [0.15, 0.2) is 0 Å². The van der Waals surface area contributed by atoms with Crippen molar-refractivity contribution in [3.8, 4) is 5.75 Å². The first-order valence-electron chi connectivity index (χ1n) is 8.01. The van der Waals surface area contributed by atoms with Crippen molar-refractivity contribution in [1.29, 1.82) is 0 Å². The minimum atomic E-state index is -0.716. The van der Waals surface area contributed by atoms with Gasteiger partial charge in [-0.3, -0.25) is 9.36 Å². The number of rotatable bonds is 3. The third kappa shape index (κ3) is 2.20. The molecule has 6 heteroatoms. The maximum absolute atomic E-state index is 12.8. The monoisotopic (exact) mass is 315 g/mol. The van der Waals surface area contributed by atoms with E-state index in [0.29, 0.717) is 28.2 Å². The lowest BCUT2D eigenvalue weighted by Crippen LogP contribution is -2.31. The molecule has 0 amide bonds. The number of aromatic nitrogens is 2. The highest BCUT2D eigenvalue weighted by atomic mass is 16.5. The number of piperidine rings is 1. The van der Waals surface area contributed by atoms with E-state index in [-0.39, 0.29) is 5.56 Å². The first-order valence-corrected chi connectivity index (χ1v) is 8.01. The van der Waals surface area contributed by atoms with E-state index in [2.05, 4.69) is 4.90 Å². The smallest absolute Gasteiger partial charge is 0.262 e. The molecule has 2 fully saturated rings. The van der Waals surface area contributed by atoms with E-state index in [1.165, 1.54) is 6.42 Å². The first-order chi connectivity index (χ1) is 11.0. The molecule has 0 spiro atoms. The van der Waals surface area contributed by atoms with Gasteiger partial charge in [-0.15, -0.1) is 0 Å². The zero-order valence-corrected chi connectivity index (χ0v) is 13.6. The zero-order valence-electron chi connectivity index (χ0n) is 13.6. The first kappa shape index (κ1) is 14.5. The van der Waals surface area contributed by atoms with Crippen LogP contribution < -0.4 is 15.2 Å². The summed E-state index contributed by atoms with van der Waals surface area (Å²) < 4.78 is 6.87. The molecule has 2 aromatic rings. The van der Waals surface area contributed by atoms with E-state index in [9.17, 15) is 9.90 Å². The van der Waals surface area contributed by atoms with Crippen molar-refractivity contribution < 1.29 is 9.84 Å². The zero-order chi connectivity index (χ0) is 16.3. The fourth-order valence-electron chi connectivity index (χ4n) is 3.64. The number of fused-ring (bicyclic) bond motifs is 2. The van der Waals surface area contributed by atoms with Crippen LogP contribution in [0.2, 0.25) is 0 Å². The van der Waals surface area contributed by atoms with Gasteiger partial charge in [-0.05, 0) is 37.3 Å². The number of nitrogens with zero attached hydrogens (tertiary/aromatic N) is 3. The predicted octanol–water partition coefficient (Wildman–Crippen LogP) is 1.45. The fourth-order valence-corrected chi connectivity index (χ4v) is 3.64. The van der Waals surface area contributed by atoms with Crippen LogP contribution in [0, 0.1) is 11.8 Å². The van der Waals surface area contributed by atoms with Gasteiger partial charge >= 0.3 is 0 Å². The highest BCUT2D eigenvalue weighted by Gasteiger charge is 2.46. The lowest BCUT2D eigenvalue weighted by atomic mass is 10.1. The molecule has 4 rings (SSSR count). The van der Waals surface area contributed by atoms with Crippen LogP contribution in [0.25, 0.3) is 10.9 Å². The molecule has 23 heavy (non-hydrogen) atoms. The van der Waals surface area contributed by atoms with Gasteiger partial charge in [0.1, 0.15) is 5.75 Å². The molecule has 1 aliphatic carbocycles. The van der Waals surface area contributed by atoms with Gasteiger partial charge in [0, 0.05) is 25.7 Å². The van der Waals surface area contributed by atoms with Crippen molar-refractivity contribution in [2.75, 3.05) is 25.1 Å². The van der Waals surface area contributed by atoms with Crippen LogP contribution in [0.5, 0.6) is 5.75 Å². The Balaban J connectivity index is 1.94. The number of aliphatic hydroxyl groups is 1. The Kier molecular flexibility index (Phi) is 3.13. The quantitative estimate of drug-likeness (QED) is 0.928. The Morgan fingerprint density at radius 1 is 1.35 bits per heavy atom. The normalized spacial score (nSPS) is 23.9. The highest BCUT2D eigenvalue weighted by Crippen LogP contribution is 2.45. The second kappa shape index (κ2) is 4.96. The Labute approximate surface area is 134 Å². The number of benzene rings is 1. The van der Waals surface area contributed by atoms with Crippen LogP contribution in [0.15, 0.2) is 16.9 Å². The summed E-state index contributed by atoms with van der Waals surface area (Å²) in [7, 11) is 3.31. The topological polar surface area (TPSA) is 67.6 Å². The highest BCUT2D eigenvalue weighted by molar-refractivity contribution is 5.84. The minimum absolute atomic E-state index is 0.105. The molecule has 1 aromatic heterocycles. The molecule has 0 radical (unpaired) electrons. The summed E-state index contributed by atoms with van der Waals surface area (Å²) in [6.07, 6.45) is 0.584. The molecular weight excluding hydrogens is 294 g/mol. The van der Waals surface area contributed by atoms with Crippen molar-refractivity contribution in [1.82, 2.24) is 9.55 Å². The van der Waals surface area contributed by atoms with Crippen LogP contribution in [-0.4, -0.2) is 34.9 Å². The number of methoxy groups -OCH3 is 1. The molecule has 2 aliphatic rings. The molecule has 6 nitrogen and oxygen atoms in total. The van der Waals surface area contributed by atoms with Gasteiger partial charge in [-0.2, -0.15) is 0 Å². The summed E-state index contributed by atoms with van der Waals surface area (Å²) in [5.74, 6) is 2.77. The molecule has 3 unspecified atom stereocenters. The van der Waals surface area contributed by atoms with Gasteiger partial charge in [-0.25, -0.2) is 4.98 Å². The van der Waals surface area contributed by atoms with E-state index in [1.54, 1.807) is 37.8 Å². The molecule has 1 aliphatic heterocycles. The SMILES string of the molecule is COc1cc(C(C)O)c2nc(N3CC4CC4C3)n(C)c(=O)c2c1. The molecular formula is C17H21N3O3. The van der Waals surface area contributed by atoms with Crippen LogP contribution in [-0.2, 0) is 7.05 Å². The summed E-state index contributed by atoms with van der Waals surface area (Å²) in [5.41, 5.74) is 1.09. The number of aliphatic hydroxyl groups excluding tert-OH is 1. The Morgan fingerprint density at radius 3 is 2.65 bits per heavy atom. The maximum atomic E-state index is 12.8. The van der Waals surface area contributed by atoms with Crippen molar-refractivity contribution in [3.05, 3.63) is 28.0 Å². The summed E-state index contributed by atoms with van der Waals surface area (Å²) >= 11 is 0. The lowest BCUT2D eigenvalue weighted by molar-refractivity contribution is 0.200. The van der Waals surface area contributed by atoms with Gasteiger partial charge in [0.05, 0.1) is 24.1 Å². The summed E-state index contributed by atoms with van der Waals surface area (Å²) in [6, 6.07) is 3.45. The number of anilines is 1. The molecule has 1 saturated carbocycles. The van der Waals surface area contributed by atoms with E-state index >= 15 is 0 Å².